The molecule has 3 fully saturated rings. The van der Waals surface area contributed by atoms with Gasteiger partial charge in [0, 0.05) is 16.7 Å². The monoisotopic (exact) mass is 558 g/mol. The maximum absolute atomic E-state index is 13.3. The number of aliphatic carboxylic acids is 1. The lowest BCUT2D eigenvalue weighted by molar-refractivity contribution is -0.186. The van der Waals surface area contributed by atoms with E-state index in [-0.39, 0.29) is 22.7 Å². The second kappa shape index (κ2) is 10.4. The Morgan fingerprint density at radius 2 is 1.77 bits per heavy atom. The third kappa shape index (κ3) is 4.89. The lowest BCUT2D eigenvalue weighted by atomic mass is 9.38. The van der Waals surface area contributed by atoms with Gasteiger partial charge in [-0.25, -0.2) is 0 Å². The minimum absolute atomic E-state index is 0.0302. The van der Waals surface area contributed by atoms with Crippen LogP contribution in [0.4, 0.5) is 0 Å². The number of carbonyl (C=O) groups is 3. The van der Waals surface area contributed by atoms with E-state index < -0.39 is 47.0 Å². The van der Waals surface area contributed by atoms with Crippen molar-refractivity contribution in [3.05, 3.63) is 23.8 Å². The van der Waals surface area contributed by atoms with Gasteiger partial charge in [-0.15, -0.1) is 0 Å². The largest absolute Gasteiger partial charge is 0.481 e. The molecule has 3 N–H and O–H groups in total. The first-order valence-corrected chi connectivity index (χ1v) is 15.1. The Labute approximate surface area is 239 Å². The predicted octanol–water partition coefficient (Wildman–Crippen LogP) is 5.48. The fraction of sp³-hybridized carbons (Fsp3) is 0.788. The maximum Gasteiger partial charge on any atom is 0.317 e. The molecule has 0 unspecified atom stereocenters. The van der Waals surface area contributed by atoms with Crippen LogP contribution in [0.15, 0.2) is 23.8 Å². The molecule has 3 saturated carbocycles. The molecule has 0 aliphatic heterocycles. The number of carboxylic acids is 1. The summed E-state index contributed by atoms with van der Waals surface area (Å²) in [4.78, 5) is 36.5. The highest BCUT2D eigenvalue weighted by Crippen LogP contribution is 2.74. The van der Waals surface area contributed by atoms with E-state index >= 15 is 0 Å². The number of rotatable bonds is 8. The smallest absolute Gasteiger partial charge is 0.317 e. The average molecular weight is 559 g/mol. The molecule has 7 nitrogen and oxygen atoms in total. The number of aliphatic hydroxyl groups excluding tert-OH is 1. The molecule has 40 heavy (non-hydrogen) atoms. The van der Waals surface area contributed by atoms with Gasteiger partial charge in [0.2, 0.25) is 0 Å². The summed E-state index contributed by atoms with van der Waals surface area (Å²) in [6.45, 7) is 14.5. The summed E-state index contributed by atoms with van der Waals surface area (Å²) in [6, 6.07) is 0. The zero-order chi connectivity index (χ0) is 29.9. The Hall–Kier alpha value is -1.99. The maximum atomic E-state index is 13.3. The molecule has 0 heterocycles. The van der Waals surface area contributed by atoms with Crippen molar-refractivity contribution in [3.8, 4) is 0 Å². The molecule has 224 valence electrons. The fourth-order valence-electron chi connectivity index (χ4n) is 9.81. The van der Waals surface area contributed by atoms with Crippen LogP contribution in [-0.4, -0.2) is 51.4 Å². The summed E-state index contributed by atoms with van der Waals surface area (Å²) in [5.74, 6) is -1.36. The van der Waals surface area contributed by atoms with E-state index in [0.717, 1.165) is 37.5 Å². The molecule has 7 heteroatoms. The minimum Gasteiger partial charge on any atom is -0.481 e. The number of carboxylic acid groups (broad SMARTS) is 1. The summed E-state index contributed by atoms with van der Waals surface area (Å²) >= 11 is 0. The van der Waals surface area contributed by atoms with Gasteiger partial charge in [-0.3, -0.25) is 9.59 Å². The van der Waals surface area contributed by atoms with Crippen molar-refractivity contribution in [3.63, 3.8) is 0 Å². The second-order valence-electron chi connectivity index (χ2n) is 15.0. The molecule has 0 spiro atoms. The highest BCUT2D eigenvalue weighted by Gasteiger charge is 2.70. The van der Waals surface area contributed by atoms with Gasteiger partial charge in [-0.1, -0.05) is 58.4 Å². The Bertz CT molecular complexity index is 1080. The van der Waals surface area contributed by atoms with Crippen molar-refractivity contribution in [2.75, 3.05) is 0 Å². The molecular formula is C33H50O7. The lowest BCUT2D eigenvalue weighted by Crippen LogP contribution is -2.64. The summed E-state index contributed by atoms with van der Waals surface area (Å²) in [5.41, 5.74) is -1.43. The van der Waals surface area contributed by atoms with Crippen LogP contribution in [0.25, 0.3) is 0 Å². The van der Waals surface area contributed by atoms with Gasteiger partial charge >= 0.3 is 11.9 Å². The van der Waals surface area contributed by atoms with Crippen molar-refractivity contribution in [1.29, 1.82) is 0 Å². The van der Waals surface area contributed by atoms with Crippen molar-refractivity contribution in [1.82, 2.24) is 0 Å². The number of aldehydes is 1. The number of ether oxygens (including phenoxy) is 1. The quantitative estimate of drug-likeness (QED) is 0.156. The summed E-state index contributed by atoms with van der Waals surface area (Å²) in [6.07, 6.45) is 10.8. The number of hydrogen-bond acceptors (Lipinski definition) is 6. The van der Waals surface area contributed by atoms with E-state index in [0.29, 0.717) is 31.1 Å². The van der Waals surface area contributed by atoms with Gasteiger partial charge < -0.3 is 24.9 Å². The van der Waals surface area contributed by atoms with E-state index in [1.807, 2.05) is 26.0 Å². The molecule has 0 aromatic rings. The molecule has 4 rings (SSSR count). The number of aliphatic hydroxyl groups is 2. The van der Waals surface area contributed by atoms with Crippen LogP contribution in [0.5, 0.6) is 0 Å². The SMILES string of the molecule is C[C@H](C/C=C/C(C)(C)O)[C@H]1CC[C@@]2(C)[C@@H]3[C@@H](O)C=C4[C@@H](CC[C@H](OC(=O)CC(=O)O)C4(C)C)[C@]3(C=O)CC[C@]12C. The van der Waals surface area contributed by atoms with Gasteiger partial charge in [0.15, 0.2) is 0 Å². The molecule has 0 saturated heterocycles. The van der Waals surface area contributed by atoms with E-state index in [1.54, 1.807) is 13.8 Å². The molecule has 4 aliphatic rings. The number of carbonyl (C=O) groups excluding carboxylic acids is 2. The van der Waals surface area contributed by atoms with Gasteiger partial charge in [-0.2, -0.15) is 0 Å². The van der Waals surface area contributed by atoms with Crippen LogP contribution in [0.3, 0.4) is 0 Å². The first-order valence-electron chi connectivity index (χ1n) is 15.1. The molecule has 0 aromatic carbocycles. The van der Waals surface area contributed by atoms with Crippen LogP contribution < -0.4 is 0 Å². The summed E-state index contributed by atoms with van der Waals surface area (Å²) in [7, 11) is 0. The minimum atomic E-state index is -1.22. The molecule has 0 aromatic heterocycles. The Balaban J connectivity index is 1.66. The Morgan fingerprint density at radius 1 is 1.10 bits per heavy atom. The fourth-order valence-corrected chi connectivity index (χ4v) is 9.81. The molecule has 9 atom stereocenters. The number of esters is 1. The molecule has 0 radical (unpaired) electrons. The third-order valence-corrected chi connectivity index (χ3v) is 11.9. The average Bonchev–Trinajstić information content (AvgIpc) is 3.10. The predicted molar refractivity (Wildman–Crippen MR) is 152 cm³/mol. The van der Waals surface area contributed by atoms with E-state index in [1.165, 1.54) is 0 Å². The molecular weight excluding hydrogens is 508 g/mol. The van der Waals surface area contributed by atoms with Crippen molar-refractivity contribution in [2.24, 2.45) is 45.3 Å². The second-order valence-corrected chi connectivity index (χ2v) is 15.0. The number of fused-ring (bicyclic) bond motifs is 5. The topological polar surface area (TPSA) is 121 Å². The lowest BCUT2D eigenvalue weighted by Gasteiger charge is -2.66. The summed E-state index contributed by atoms with van der Waals surface area (Å²) in [5, 5.41) is 31.0. The van der Waals surface area contributed by atoms with E-state index in [4.69, 9.17) is 9.84 Å². The number of hydrogen-bond donors (Lipinski definition) is 3. The molecule has 4 aliphatic carbocycles. The van der Waals surface area contributed by atoms with Gasteiger partial charge in [0.05, 0.1) is 11.7 Å². The van der Waals surface area contributed by atoms with Crippen molar-refractivity contribution >= 4 is 18.2 Å². The van der Waals surface area contributed by atoms with Crippen molar-refractivity contribution < 1.29 is 34.4 Å². The van der Waals surface area contributed by atoms with Gasteiger partial charge in [0.1, 0.15) is 18.8 Å². The first kappa shape index (κ1) is 31.0. The summed E-state index contributed by atoms with van der Waals surface area (Å²) < 4.78 is 5.65. The van der Waals surface area contributed by atoms with Crippen molar-refractivity contribution in [2.45, 2.75) is 118 Å². The molecule has 0 bridgehead atoms. The highest BCUT2D eigenvalue weighted by molar-refractivity contribution is 5.90. The van der Waals surface area contributed by atoms with Crippen LogP contribution in [0.1, 0.15) is 99.8 Å². The first-order chi connectivity index (χ1) is 18.4. The zero-order valence-electron chi connectivity index (χ0n) is 25.4. The normalized spacial score (nSPS) is 41.3. The Kier molecular flexibility index (Phi) is 8.03. The highest BCUT2D eigenvalue weighted by atomic mass is 16.5. The molecule has 0 amide bonds. The van der Waals surface area contributed by atoms with Crippen LogP contribution in [0.2, 0.25) is 0 Å². The van der Waals surface area contributed by atoms with Crippen LogP contribution in [-0.2, 0) is 19.1 Å². The van der Waals surface area contributed by atoms with Crippen LogP contribution in [0, 0.1) is 45.3 Å². The zero-order valence-corrected chi connectivity index (χ0v) is 25.4. The van der Waals surface area contributed by atoms with E-state index in [9.17, 15) is 24.6 Å². The Morgan fingerprint density at radius 3 is 2.38 bits per heavy atom. The standard InChI is InChI=1S/C33H50O7/c1-20(9-8-13-29(2,3)39)21-12-14-32(7)28-24(35)17-23-22(33(28,19-34)16-15-31(21,32)6)10-11-25(30(23,4)5)40-27(38)18-26(36)37/h8,13,17,19-22,24-25,28,35,39H,9-12,14-16,18H2,1-7H3,(H,36,37)/b13-8+/t20-,21-,22-,24+,25+,28+,31-,32+,33-/m1/s1. The number of allylic oxidation sites excluding steroid dienone is 1. The van der Waals surface area contributed by atoms with Gasteiger partial charge in [0.25, 0.3) is 0 Å². The van der Waals surface area contributed by atoms with Crippen LogP contribution >= 0.6 is 0 Å². The van der Waals surface area contributed by atoms with Gasteiger partial charge in [-0.05, 0) is 87.4 Å². The third-order valence-electron chi connectivity index (χ3n) is 11.9. The van der Waals surface area contributed by atoms with E-state index in [2.05, 4.69) is 26.8 Å².